The Balaban J connectivity index is 2.29. The molecule has 4 N–H and O–H groups in total. The molecule has 0 atom stereocenters. The SMILES string of the molecule is CN/C(=C\[N+](=O)[O-])NCCCOCc1cc(C)c(C(C)(C)N)o1. The number of rotatable bonds is 10. The maximum absolute atomic E-state index is 10.4. The second-order valence-electron chi connectivity index (χ2n) is 5.86. The van der Waals surface area contributed by atoms with Gasteiger partial charge in [0.1, 0.15) is 18.1 Å². The van der Waals surface area contributed by atoms with Crippen LogP contribution in [0.15, 0.2) is 22.5 Å². The predicted molar refractivity (Wildman–Crippen MR) is 87.1 cm³/mol. The van der Waals surface area contributed by atoms with Crippen LogP contribution in [0.25, 0.3) is 0 Å². The van der Waals surface area contributed by atoms with Gasteiger partial charge in [-0.15, -0.1) is 0 Å². The van der Waals surface area contributed by atoms with Gasteiger partial charge in [0.2, 0.25) is 0 Å². The van der Waals surface area contributed by atoms with Crippen LogP contribution in [0.4, 0.5) is 0 Å². The Labute approximate surface area is 136 Å². The molecule has 1 aromatic heterocycles. The number of ether oxygens (including phenoxy) is 1. The number of aryl methyl sites for hydroxylation is 1. The van der Waals surface area contributed by atoms with Crippen LogP contribution < -0.4 is 16.4 Å². The molecule has 1 rings (SSSR count). The molecule has 0 saturated carbocycles. The normalized spacial score (nSPS) is 12.3. The highest BCUT2D eigenvalue weighted by Gasteiger charge is 2.22. The minimum Gasteiger partial charge on any atom is -0.461 e. The summed E-state index contributed by atoms with van der Waals surface area (Å²) in [5, 5.41) is 16.0. The quantitative estimate of drug-likeness (QED) is 0.339. The summed E-state index contributed by atoms with van der Waals surface area (Å²) in [7, 11) is 1.62. The van der Waals surface area contributed by atoms with Crippen molar-refractivity contribution in [3.63, 3.8) is 0 Å². The Morgan fingerprint density at radius 2 is 2.26 bits per heavy atom. The highest BCUT2D eigenvalue weighted by Crippen LogP contribution is 2.24. The highest BCUT2D eigenvalue weighted by molar-refractivity contribution is 5.24. The van der Waals surface area contributed by atoms with Gasteiger partial charge in [-0.1, -0.05) is 0 Å². The van der Waals surface area contributed by atoms with Gasteiger partial charge < -0.3 is 25.5 Å². The van der Waals surface area contributed by atoms with Gasteiger partial charge in [-0.3, -0.25) is 10.1 Å². The summed E-state index contributed by atoms with van der Waals surface area (Å²) in [5.41, 5.74) is 6.54. The second kappa shape index (κ2) is 8.54. The van der Waals surface area contributed by atoms with Crippen LogP contribution in [0, 0.1) is 17.0 Å². The van der Waals surface area contributed by atoms with Crippen LogP contribution in [-0.4, -0.2) is 25.1 Å². The molecule has 0 aliphatic carbocycles. The molecule has 1 heterocycles. The molecule has 1 aromatic rings. The third kappa shape index (κ3) is 6.70. The molecule has 0 spiro atoms. The molecule has 0 unspecified atom stereocenters. The van der Waals surface area contributed by atoms with Crippen molar-refractivity contribution in [1.82, 2.24) is 10.6 Å². The van der Waals surface area contributed by atoms with Crippen molar-refractivity contribution in [2.75, 3.05) is 20.2 Å². The largest absolute Gasteiger partial charge is 0.461 e. The van der Waals surface area contributed by atoms with Crippen LogP contribution in [0.2, 0.25) is 0 Å². The van der Waals surface area contributed by atoms with Crippen LogP contribution in [0.5, 0.6) is 0 Å². The van der Waals surface area contributed by atoms with Gasteiger partial charge in [0.25, 0.3) is 6.20 Å². The van der Waals surface area contributed by atoms with Crippen molar-refractivity contribution in [2.24, 2.45) is 5.73 Å². The molecule has 0 saturated heterocycles. The first-order chi connectivity index (χ1) is 10.7. The van der Waals surface area contributed by atoms with Gasteiger partial charge in [0, 0.05) is 20.2 Å². The third-order valence-corrected chi connectivity index (χ3v) is 3.08. The summed E-state index contributed by atoms with van der Waals surface area (Å²) in [4.78, 5) is 9.86. The van der Waals surface area contributed by atoms with E-state index in [2.05, 4.69) is 10.6 Å². The summed E-state index contributed by atoms with van der Waals surface area (Å²) in [5.74, 6) is 1.88. The molecule has 0 bridgehead atoms. The lowest BCUT2D eigenvalue weighted by Crippen LogP contribution is -2.28. The molecular weight excluding hydrogens is 300 g/mol. The molecule has 0 amide bonds. The lowest BCUT2D eigenvalue weighted by Gasteiger charge is -2.16. The summed E-state index contributed by atoms with van der Waals surface area (Å²) in [6, 6.07) is 1.93. The Hall–Kier alpha value is -2.06. The maximum Gasteiger partial charge on any atom is 0.274 e. The van der Waals surface area contributed by atoms with E-state index in [0.717, 1.165) is 23.3 Å². The fraction of sp³-hybridized carbons (Fsp3) is 0.600. The lowest BCUT2D eigenvalue weighted by molar-refractivity contribution is -0.404. The second-order valence-corrected chi connectivity index (χ2v) is 5.86. The molecule has 0 aromatic carbocycles. The fourth-order valence-corrected chi connectivity index (χ4v) is 2.13. The van der Waals surface area contributed by atoms with E-state index in [1.807, 2.05) is 26.8 Å². The molecule has 23 heavy (non-hydrogen) atoms. The van der Waals surface area contributed by atoms with Gasteiger partial charge >= 0.3 is 0 Å². The molecule has 0 radical (unpaired) electrons. The maximum atomic E-state index is 10.4. The number of furan rings is 1. The van der Waals surface area contributed by atoms with Crippen molar-refractivity contribution >= 4 is 0 Å². The molecule has 130 valence electrons. The van der Waals surface area contributed by atoms with Crippen molar-refractivity contribution in [3.05, 3.63) is 45.3 Å². The first-order valence-corrected chi connectivity index (χ1v) is 7.47. The van der Waals surface area contributed by atoms with Gasteiger partial charge in [-0.25, -0.2) is 0 Å². The zero-order valence-electron chi connectivity index (χ0n) is 14.1. The third-order valence-electron chi connectivity index (χ3n) is 3.08. The zero-order valence-corrected chi connectivity index (χ0v) is 14.1. The van der Waals surface area contributed by atoms with E-state index in [9.17, 15) is 10.1 Å². The fourth-order valence-electron chi connectivity index (χ4n) is 2.13. The Morgan fingerprint density at radius 3 is 2.78 bits per heavy atom. The van der Waals surface area contributed by atoms with Gasteiger partial charge in [-0.2, -0.15) is 0 Å². The monoisotopic (exact) mass is 326 g/mol. The minimum absolute atomic E-state index is 0.367. The van der Waals surface area contributed by atoms with E-state index in [1.165, 1.54) is 0 Å². The van der Waals surface area contributed by atoms with Crippen molar-refractivity contribution in [2.45, 2.75) is 39.3 Å². The number of nitrogens with zero attached hydrogens (tertiary/aromatic N) is 1. The minimum atomic E-state index is -0.515. The van der Waals surface area contributed by atoms with E-state index in [4.69, 9.17) is 14.9 Å². The van der Waals surface area contributed by atoms with Crippen molar-refractivity contribution < 1.29 is 14.1 Å². The standard InChI is InChI=1S/C15H26N4O4/c1-11-8-12(23-14(11)15(2,3)16)10-22-7-5-6-18-13(17-4)9-19(20)21/h8-9,17-18H,5-7,10,16H2,1-4H3/b13-9+. The summed E-state index contributed by atoms with van der Waals surface area (Å²) >= 11 is 0. The van der Waals surface area contributed by atoms with Crippen LogP contribution in [-0.2, 0) is 16.9 Å². The van der Waals surface area contributed by atoms with E-state index in [1.54, 1.807) is 7.05 Å². The number of hydrogen-bond acceptors (Lipinski definition) is 7. The summed E-state index contributed by atoms with van der Waals surface area (Å²) in [6.45, 7) is 7.21. The van der Waals surface area contributed by atoms with Crippen LogP contribution in [0.3, 0.4) is 0 Å². The molecule has 0 fully saturated rings. The average molecular weight is 326 g/mol. The smallest absolute Gasteiger partial charge is 0.274 e. The number of nitrogens with two attached hydrogens (primary N) is 1. The lowest BCUT2D eigenvalue weighted by atomic mass is 10.0. The van der Waals surface area contributed by atoms with Crippen molar-refractivity contribution in [1.29, 1.82) is 0 Å². The van der Waals surface area contributed by atoms with Crippen molar-refractivity contribution in [3.8, 4) is 0 Å². The number of nitrogens with one attached hydrogen (secondary N) is 2. The van der Waals surface area contributed by atoms with E-state index < -0.39 is 10.5 Å². The molecule has 0 aliphatic heterocycles. The topological polar surface area (TPSA) is 116 Å². The molecular formula is C15H26N4O4. The number of hydrogen-bond donors (Lipinski definition) is 3. The van der Waals surface area contributed by atoms with Crippen LogP contribution in [0.1, 0.15) is 37.4 Å². The van der Waals surface area contributed by atoms with Gasteiger partial charge in [0.15, 0.2) is 5.82 Å². The average Bonchev–Trinajstić information content (AvgIpc) is 2.82. The zero-order chi connectivity index (χ0) is 17.5. The first-order valence-electron chi connectivity index (χ1n) is 7.47. The van der Waals surface area contributed by atoms with Gasteiger partial charge in [0.05, 0.1) is 10.5 Å². The Bertz CT molecular complexity index is 546. The van der Waals surface area contributed by atoms with E-state index >= 15 is 0 Å². The highest BCUT2D eigenvalue weighted by atomic mass is 16.6. The Morgan fingerprint density at radius 1 is 1.57 bits per heavy atom. The first kappa shape index (κ1) is 19.0. The van der Waals surface area contributed by atoms with E-state index in [0.29, 0.717) is 32.0 Å². The molecule has 8 heteroatoms. The molecule has 0 aliphatic rings. The van der Waals surface area contributed by atoms with Crippen LogP contribution >= 0.6 is 0 Å². The summed E-state index contributed by atoms with van der Waals surface area (Å²) in [6.07, 6.45) is 1.61. The Kier molecular flexibility index (Phi) is 7.05. The predicted octanol–water partition coefficient (Wildman–Crippen LogP) is 1.57. The van der Waals surface area contributed by atoms with E-state index in [-0.39, 0.29) is 0 Å². The van der Waals surface area contributed by atoms with Gasteiger partial charge in [-0.05, 0) is 38.8 Å². The number of nitro groups is 1. The molecule has 8 nitrogen and oxygen atoms in total. The summed E-state index contributed by atoms with van der Waals surface area (Å²) < 4.78 is 11.3.